The number of hydrogen-bond acceptors (Lipinski definition) is 3. The maximum atomic E-state index is 12.8. The molecule has 0 aliphatic heterocycles. The lowest BCUT2D eigenvalue weighted by Crippen LogP contribution is -2.01. The van der Waals surface area contributed by atoms with Crippen molar-refractivity contribution >= 4 is 27.5 Å². The topological polar surface area (TPSA) is 74.6 Å². The molecule has 0 saturated heterocycles. The minimum atomic E-state index is -1.34. The number of aliphatic hydroxyl groups is 1. The number of carbonyl (C=O) groups is 1. The first-order chi connectivity index (χ1) is 15.5. The van der Waals surface area contributed by atoms with Gasteiger partial charge in [0.05, 0.1) is 28.2 Å². The summed E-state index contributed by atoms with van der Waals surface area (Å²) in [7, 11) is -1.34. The SMILES string of the molecule is CCCCCCCCC(O)c1ccc2ccc(CS(=O)c3cccc(C(=O)O)c3)cc2c1. The summed E-state index contributed by atoms with van der Waals surface area (Å²) in [4.78, 5) is 11.7. The molecule has 3 rings (SSSR count). The van der Waals surface area contributed by atoms with Gasteiger partial charge in [-0.25, -0.2) is 4.79 Å². The zero-order valence-corrected chi connectivity index (χ0v) is 19.4. The van der Waals surface area contributed by atoms with Gasteiger partial charge in [0.2, 0.25) is 0 Å². The maximum absolute atomic E-state index is 12.8. The summed E-state index contributed by atoms with van der Waals surface area (Å²) in [6.45, 7) is 2.21. The smallest absolute Gasteiger partial charge is 0.335 e. The summed E-state index contributed by atoms with van der Waals surface area (Å²) in [5.74, 6) is -0.717. The predicted molar refractivity (Wildman–Crippen MR) is 130 cm³/mol. The Bertz CT molecular complexity index is 1080. The number of unbranched alkanes of at least 4 members (excludes halogenated alkanes) is 5. The van der Waals surface area contributed by atoms with Crippen LogP contribution in [0.15, 0.2) is 65.6 Å². The lowest BCUT2D eigenvalue weighted by Gasteiger charge is -2.12. The molecule has 4 nitrogen and oxygen atoms in total. The van der Waals surface area contributed by atoms with Gasteiger partial charge in [-0.1, -0.05) is 81.8 Å². The maximum Gasteiger partial charge on any atom is 0.335 e. The van der Waals surface area contributed by atoms with Gasteiger partial charge in [-0.05, 0) is 52.6 Å². The van der Waals surface area contributed by atoms with Crippen LogP contribution in [0.2, 0.25) is 0 Å². The molecule has 32 heavy (non-hydrogen) atoms. The molecule has 0 fully saturated rings. The van der Waals surface area contributed by atoms with Gasteiger partial charge in [-0.2, -0.15) is 0 Å². The van der Waals surface area contributed by atoms with E-state index in [2.05, 4.69) is 6.92 Å². The molecule has 0 aliphatic rings. The highest BCUT2D eigenvalue weighted by Gasteiger charge is 2.11. The lowest BCUT2D eigenvalue weighted by molar-refractivity contribution is 0.0696. The van der Waals surface area contributed by atoms with Crippen molar-refractivity contribution in [2.75, 3.05) is 0 Å². The molecule has 0 aromatic heterocycles. The van der Waals surface area contributed by atoms with Crippen molar-refractivity contribution in [3.63, 3.8) is 0 Å². The van der Waals surface area contributed by atoms with Gasteiger partial charge in [-0.15, -0.1) is 0 Å². The minimum Gasteiger partial charge on any atom is -0.478 e. The second-order valence-electron chi connectivity index (χ2n) is 8.34. The Morgan fingerprint density at radius 1 is 0.906 bits per heavy atom. The Kier molecular flexibility index (Phi) is 9.00. The van der Waals surface area contributed by atoms with Gasteiger partial charge in [0.25, 0.3) is 0 Å². The summed E-state index contributed by atoms with van der Waals surface area (Å²) in [6, 6.07) is 18.3. The number of aromatic carboxylic acids is 1. The van der Waals surface area contributed by atoms with E-state index in [1.807, 2.05) is 36.4 Å². The Morgan fingerprint density at radius 3 is 2.44 bits per heavy atom. The van der Waals surface area contributed by atoms with E-state index in [4.69, 9.17) is 5.11 Å². The molecule has 3 aromatic rings. The summed E-state index contributed by atoms with van der Waals surface area (Å²) in [6.07, 6.45) is 7.50. The molecule has 2 atom stereocenters. The zero-order chi connectivity index (χ0) is 22.9. The van der Waals surface area contributed by atoms with Gasteiger partial charge >= 0.3 is 5.97 Å². The largest absolute Gasteiger partial charge is 0.478 e. The van der Waals surface area contributed by atoms with E-state index in [0.29, 0.717) is 10.6 Å². The van der Waals surface area contributed by atoms with Crippen molar-refractivity contribution in [1.29, 1.82) is 0 Å². The molecule has 0 aliphatic carbocycles. The zero-order valence-electron chi connectivity index (χ0n) is 18.6. The third-order valence-corrected chi connectivity index (χ3v) is 7.16. The van der Waals surface area contributed by atoms with Crippen LogP contribution in [-0.2, 0) is 16.6 Å². The van der Waals surface area contributed by atoms with Crippen molar-refractivity contribution in [2.45, 2.75) is 68.6 Å². The summed E-state index contributed by atoms with van der Waals surface area (Å²) in [5.41, 5.74) is 1.97. The van der Waals surface area contributed by atoms with Gasteiger partial charge in [0, 0.05) is 4.90 Å². The monoisotopic (exact) mass is 452 g/mol. The predicted octanol–water partition coefficient (Wildman–Crippen LogP) is 6.63. The molecule has 0 heterocycles. The Hall–Kier alpha value is -2.50. The Morgan fingerprint density at radius 2 is 1.66 bits per heavy atom. The van der Waals surface area contributed by atoms with Crippen LogP contribution in [0.4, 0.5) is 0 Å². The number of aliphatic hydroxyl groups excluding tert-OH is 1. The van der Waals surface area contributed by atoms with E-state index in [9.17, 15) is 14.1 Å². The quantitative estimate of drug-likeness (QED) is 0.302. The first kappa shape index (κ1) is 24.1. The number of carboxylic acid groups (broad SMARTS) is 1. The fourth-order valence-corrected chi connectivity index (χ4v) is 5.04. The van der Waals surface area contributed by atoms with Crippen LogP contribution >= 0.6 is 0 Å². The van der Waals surface area contributed by atoms with Gasteiger partial charge in [0.15, 0.2) is 0 Å². The molecule has 5 heteroatoms. The molecule has 2 N–H and O–H groups in total. The molecule has 0 amide bonds. The average Bonchev–Trinajstić information content (AvgIpc) is 2.80. The molecule has 3 aromatic carbocycles. The summed E-state index contributed by atoms with van der Waals surface area (Å²) >= 11 is 0. The van der Waals surface area contributed by atoms with Crippen LogP contribution < -0.4 is 0 Å². The third kappa shape index (κ3) is 6.75. The van der Waals surface area contributed by atoms with Gasteiger partial charge in [0.1, 0.15) is 0 Å². The van der Waals surface area contributed by atoms with Crippen molar-refractivity contribution in [3.05, 3.63) is 77.4 Å². The van der Waals surface area contributed by atoms with E-state index in [0.717, 1.165) is 41.2 Å². The van der Waals surface area contributed by atoms with E-state index >= 15 is 0 Å². The number of rotatable bonds is 12. The highest BCUT2D eigenvalue weighted by atomic mass is 32.2. The minimum absolute atomic E-state index is 0.137. The average molecular weight is 453 g/mol. The van der Waals surface area contributed by atoms with Crippen LogP contribution in [0.25, 0.3) is 10.8 Å². The first-order valence-corrected chi connectivity index (χ1v) is 12.7. The van der Waals surface area contributed by atoms with Crippen LogP contribution in [0.3, 0.4) is 0 Å². The van der Waals surface area contributed by atoms with Crippen molar-refractivity contribution in [1.82, 2.24) is 0 Å². The first-order valence-electron chi connectivity index (χ1n) is 11.4. The standard InChI is InChI=1S/C27H32O4S/c1-2-3-4-5-6-7-11-26(28)22-15-14-21-13-12-20(16-24(21)17-22)19-32(31)25-10-8-9-23(18-25)27(29)30/h8-10,12-18,26,28H,2-7,11,19H2,1H3,(H,29,30). The molecular formula is C27H32O4S. The van der Waals surface area contributed by atoms with Crippen molar-refractivity contribution in [3.8, 4) is 0 Å². The fraction of sp³-hybridized carbons (Fsp3) is 0.370. The van der Waals surface area contributed by atoms with Crippen molar-refractivity contribution < 1.29 is 19.2 Å². The fourth-order valence-electron chi connectivity index (χ4n) is 3.90. The summed E-state index contributed by atoms with van der Waals surface area (Å²) in [5, 5.41) is 21.9. The number of fused-ring (bicyclic) bond motifs is 1. The Balaban J connectivity index is 1.66. The van der Waals surface area contributed by atoms with Crippen LogP contribution in [0, 0.1) is 0 Å². The summed E-state index contributed by atoms with van der Waals surface area (Å²) < 4.78 is 12.8. The van der Waals surface area contributed by atoms with Gasteiger partial charge < -0.3 is 10.2 Å². The third-order valence-electron chi connectivity index (χ3n) is 5.79. The van der Waals surface area contributed by atoms with Gasteiger partial charge in [-0.3, -0.25) is 4.21 Å². The molecule has 170 valence electrons. The van der Waals surface area contributed by atoms with Crippen molar-refractivity contribution in [2.24, 2.45) is 0 Å². The second kappa shape index (κ2) is 11.9. The highest BCUT2D eigenvalue weighted by Crippen LogP contribution is 2.26. The molecule has 0 spiro atoms. The van der Waals surface area contributed by atoms with E-state index < -0.39 is 22.9 Å². The molecule has 2 unspecified atom stereocenters. The number of carboxylic acids is 1. The highest BCUT2D eigenvalue weighted by molar-refractivity contribution is 7.84. The number of benzene rings is 3. The van der Waals surface area contributed by atoms with E-state index in [1.165, 1.54) is 37.8 Å². The second-order valence-corrected chi connectivity index (χ2v) is 9.79. The molecule has 0 bridgehead atoms. The van der Waals surface area contributed by atoms with Crippen LogP contribution in [-0.4, -0.2) is 20.4 Å². The normalized spacial score (nSPS) is 13.2. The van der Waals surface area contributed by atoms with E-state index in [1.54, 1.807) is 12.1 Å². The molecular weight excluding hydrogens is 420 g/mol. The molecule has 0 radical (unpaired) electrons. The lowest BCUT2D eigenvalue weighted by atomic mass is 9.98. The van der Waals surface area contributed by atoms with Crippen LogP contribution in [0.5, 0.6) is 0 Å². The van der Waals surface area contributed by atoms with E-state index in [-0.39, 0.29) is 5.56 Å². The molecule has 0 saturated carbocycles. The number of hydrogen-bond donors (Lipinski definition) is 2. The van der Waals surface area contributed by atoms with Crippen LogP contribution in [0.1, 0.15) is 79.5 Å². The Labute approximate surface area is 192 Å².